The maximum Gasteiger partial charge on any atom is 0.101 e. The van der Waals surface area contributed by atoms with Gasteiger partial charge in [0.25, 0.3) is 0 Å². The Morgan fingerprint density at radius 3 is 2.62 bits per heavy atom. The number of rotatable bonds is 5. The predicted octanol–water partition coefficient (Wildman–Crippen LogP) is 3.44. The molecular formula is C18H25N3. The average molecular weight is 283 g/mol. The first kappa shape index (κ1) is 14.4. The van der Waals surface area contributed by atoms with Gasteiger partial charge >= 0.3 is 0 Å². The van der Waals surface area contributed by atoms with E-state index in [4.69, 9.17) is 0 Å². The van der Waals surface area contributed by atoms with Gasteiger partial charge in [-0.3, -0.25) is 0 Å². The Bertz CT molecular complexity index is 520. The fourth-order valence-electron chi connectivity index (χ4n) is 3.19. The summed E-state index contributed by atoms with van der Waals surface area (Å²) in [4.78, 5) is 2.39. The molecule has 3 nitrogen and oxygen atoms in total. The van der Waals surface area contributed by atoms with Gasteiger partial charge in [0.15, 0.2) is 0 Å². The number of nitrogens with one attached hydrogen (secondary N) is 1. The molecule has 1 aromatic rings. The van der Waals surface area contributed by atoms with E-state index in [0.29, 0.717) is 6.04 Å². The molecule has 1 aromatic carbocycles. The molecule has 0 atom stereocenters. The van der Waals surface area contributed by atoms with Crippen LogP contribution in [0, 0.1) is 17.2 Å². The quantitative estimate of drug-likeness (QED) is 0.899. The Kier molecular flexibility index (Phi) is 4.45. The molecule has 112 valence electrons. The van der Waals surface area contributed by atoms with Crippen molar-refractivity contribution in [1.29, 1.82) is 5.26 Å². The summed E-state index contributed by atoms with van der Waals surface area (Å²) in [6, 6.07) is 9.50. The maximum atomic E-state index is 9.46. The van der Waals surface area contributed by atoms with Crippen LogP contribution in [0.5, 0.6) is 0 Å². The minimum absolute atomic E-state index is 0.711. The van der Waals surface area contributed by atoms with E-state index in [-0.39, 0.29) is 0 Å². The number of hydrogen-bond acceptors (Lipinski definition) is 3. The van der Waals surface area contributed by atoms with Crippen molar-refractivity contribution in [1.82, 2.24) is 5.32 Å². The van der Waals surface area contributed by atoms with Gasteiger partial charge in [0.1, 0.15) is 6.07 Å². The van der Waals surface area contributed by atoms with Crippen LogP contribution in [0.2, 0.25) is 0 Å². The van der Waals surface area contributed by atoms with Gasteiger partial charge in [0.2, 0.25) is 0 Å². The Labute approximate surface area is 128 Å². The summed E-state index contributed by atoms with van der Waals surface area (Å²) in [5, 5.41) is 13.0. The summed E-state index contributed by atoms with van der Waals surface area (Å²) < 4.78 is 0. The predicted molar refractivity (Wildman–Crippen MR) is 86.2 cm³/mol. The van der Waals surface area contributed by atoms with Crippen LogP contribution in [-0.4, -0.2) is 19.1 Å². The average Bonchev–Trinajstić information content (AvgIpc) is 3.37. The van der Waals surface area contributed by atoms with Crippen LogP contribution in [0.25, 0.3) is 0 Å². The maximum absolute atomic E-state index is 9.46. The van der Waals surface area contributed by atoms with Crippen molar-refractivity contribution in [3.8, 4) is 6.07 Å². The molecule has 2 aliphatic rings. The van der Waals surface area contributed by atoms with Crippen molar-refractivity contribution >= 4 is 5.69 Å². The monoisotopic (exact) mass is 283 g/mol. The number of nitriles is 1. The molecule has 0 amide bonds. The van der Waals surface area contributed by atoms with E-state index in [1.807, 2.05) is 0 Å². The lowest BCUT2D eigenvalue weighted by Crippen LogP contribution is -2.34. The summed E-state index contributed by atoms with van der Waals surface area (Å²) in [6.07, 6.45) is 6.40. The second-order valence-electron chi connectivity index (χ2n) is 6.46. The topological polar surface area (TPSA) is 39.1 Å². The summed E-state index contributed by atoms with van der Waals surface area (Å²) >= 11 is 0. The van der Waals surface area contributed by atoms with E-state index >= 15 is 0 Å². The summed E-state index contributed by atoms with van der Waals surface area (Å²) in [5.74, 6) is 0.869. The molecule has 1 N–H and O–H groups in total. The van der Waals surface area contributed by atoms with Crippen LogP contribution in [0.3, 0.4) is 0 Å². The Morgan fingerprint density at radius 2 is 2.00 bits per heavy atom. The molecule has 1 saturated carbocycles. The van der Waals surface area contributed by atoms with E-state index in [9.17, 15) is 5.26 Å². The van der Waals surface area contributed by atoms with E-state index in [1.165, 1.54) is 37.7 Å². The van der Waals surface area contributed by atoms with Crippen LogP contribution in [0.1, 0.15) is 50.2 Å². The first-order valence-electron chi connectivity index (χ1n) is 8.31. The minimum Gasteiger partial charge on any atom is -0.370 e. The van der Waals surface area contributed by atoms with Crippen molar-refractivity contribution in [2.45, 2.75) is 51.6 Å². The van der Waals surface area contributed by atoms with Gasteiger partial charge < -0.3 is 10.2 Å². The van der Waals surface area contributed by atoms with Crippen LogP contribution >= 0.6 is 0 Å². The van der Waals surface area contributed by atoms with Crippen molar-refractivity contribution in [2.24, 2.45) is 5.92 Å². The van der Waals surface area contributed by atoms with Gasteiger partial charge in [-0.15, -0.1) is 0 Å². The molecule has 0 spiro atoms. The van der Waals surface area contributed by atoms with Gasteiger partial charge in [-0.1, -0.05) is 19.4 Å². The molecule has 0 aromatic heterocycles. The van der Waals surface area contributed by atoms with Gasteiger partial charge in [0, 0.05) is 25.7 Å². The fourth-order valence-corrected chi connectivity index (χ4v) is 3.19. The van der Waals surface area contributed by atoms with Gasteiger partial charge in [-0.05, 0) is 49.3 Å². The van der Waals surface area contributed by atoms with Crippen molar-refractivity contribution in [3.05, 3.63) is 29.3 Å². The first-order chi connectivity index (χ1) is 10.3. The normalized spacial score (nSPS) is 19.5. The third-order valence-electron chi connectivity index (χ3n) is 4.89. The molecule has 3 rings (SSSR count). The van der Waals surface area contributed by atoms with E-state index in [0.717, 1.165) is 36.8 Å². The SMILES string of the molecule is CCC1CCN(c2ccc(CNC3CC3)cc2C#N)CC1. The van der Waals surface area contributed by atoms with Crippen LogP contribution < -0.4 is 10.2 Å². The highest BCUT2D eigenvalue weighted by atomic mass is 15.1. The molecule has 0 bridgehead atoms. The van der Waals surface area contributed by atoms with E-state index in [2.05, 4.69) is 41.4 Å². The molecule has 1 aliphatic carbocycles. The zero-order valence-electron chi connectivity index (χ0n) is 12.9. The zero-order valence-corrected chi connectivity index (χ0v) is 12.9. The number of hydrogen-bond donors (Lipinski definition) is 1. The van der Waals surface area contributed by atoms with Gasteiger partial charge in [-0.25, -0.2) is 0 Å². The smallest absolute Gasteiger partial charge is 0.101 e. The first-order valence-corrected chi connectivity index (χ1v) is 8.31. The summed E-state index contributed by atoms with van der Waals surface area (Å²) in [7, 11) is 0. The Balaban J connectivity index is 1.68. The van der Waals surface area contributed by atoms with Gasteiger partial charge in [-0.2, -0.15) is 5.26 Å². The standard InChI is InChI=1S/C18H25N3/c1-2-14-7-9-21(10-8-14)18-6-3-15(11-16(18)12-19)13-20-17-4-5-17/h3,6,11,14,17,20H,2,4-5,7-10,13H2,1H3. The minimum atomic E-state index is 0.711. The third-order valence-corrected chi connectivity index (χ3v) is 4.89. The molecule has 1 saturated heterocycles. The van der Waals surface area contributed by atoms with E-state index in [1.54, 1.807) is 0 Å². The lowest BCUT2D eigenvalue weighted by molar-refractivity contribution is 0.395. The summed E-state index contributed by atoms with van der Waals surface area (Å²) in [6.45, 7) is 5.35. The Morgan fingerprint density at radius 1 is 1.24 bits per heavy atom. The molecule has 0 unspecified atom stereocenters. The number of anilines is 1. The summed E-state index contributed by atoms with van der Waals surface area (Å²) in [5.41, 5.74) is 3.19. The fraction of sp³-hybridized carbons (Fsp3) is 0.611. The van der Waals surface area contributed by atoms with Gasteiger partial charge in [0.05, 0.1) is 11.3 Å². The Hall–Kier alpha value is -1.53. The molecular weight excluding hydrogens is 258 g/mol. The van der Waals surface area contributed by atoms with Crippen LogP contribution in [0.15, 0.2) is 18.2 Å². The number of piperidine rings is 1. The molecule has 1 heterocycles. The number of benzene rings is 1. The zero-order chi connectivity index (χ0) is 14.7. The molecule has 1 aliphatic heterocycles. The number of nitrogens with zero attached hydrogens (tertiary/aromatic N) is 2. The van der Waals surface area contributed by atoms with Crippen molar-refractivity contribution in [2.75, 3.05) is 18.0 Å². The second kappa shape index (κ2) is 6.49. The van der Waals surface area contributed by atoms with Crippen molar-refractivity contribution < 1.29 is 0 Å². The molecule has 2 fully saturated rings. The molecule has 21 heavy (non-hydrogen) atoms. The lowest BCUT2D eigenvalue weighted by Gasteiger charge is -2.33. The lowest BCUT2D eigenvalue weighted by atomic mass is 9.93. The molecule has 0 radical (unpaired) electrons. The van der Waals surface area contributed by atoms with Crippen molar-refractivity contribution in [3.63, 3.8) is 0 Å². The van der Waals surface area contributed by atoms with E-state index < -0.39 is 0 Å². The third kappa shape index (κ3) is 3.57. The highest BCUT2D eigenvalue weighted by molar-refractivity contribution is 5.60. The highest BCUT2D eigenvalue weighted by Gasteiger charge is 2.21. The van der Waals surface area contributed by atoms with Crippen LogP contribution in [-0.2, 0) is 6.54 Å². The largest absolute Gasteiger partial charge is 0.370 e. The second-order valence-corrected chi connectivity index (χ2v) is 6.46. The van der Waals surface area contributed by atoms with Crippen LogP contribution in [0.4, 0.5) is 5.69 Å². The highest BCUT2D eigenvalue weighted by Crippen LogP contribution is 2.28. The molecule has 3 heteroatoms.